The molecule has 1 saturated heterocycles. The molecule has 4 nitrogen and oxygen atoms in total. The van der Waals surface area contributed by atoms with Gasteiger partial charge in [0.05, 0.1) is 0 Å². The van der Waals surface area contributed by atoms with Crippen molar-refractivity contribution in [2.75, 3.05) is 13.1 Å². The minimum absolute atomic E-state index is 0. The van der Waals surface area contributed by atoms with Gasteiger partial charge in [-0.15, -0.1) is 12.4 Å². The molecule has 4 atom stereocenters. The van der Waals surface area contributed by atoms with E-state index in [0.29, 0.717) is 22.6 Å². The fourth-order valence-electron chi connectivity index (χ4n) is 3.83. The summed E-state index contributed by atoms with van der Waals surface area (Å²) in [7, 11) is 0. The Kier molecular flexibility index (Phi) is 6.40. The van der Waals surface area contributed by atoms with Crippen molar-refractivity contribution in [3.05, 3.63) is 29.3 Å². The number of fused-ring (bicyclic) bond motifs is 1. The molecule has 4 unspecified atom stereocenters. The highest BCUT2D eigenvalue weighted by molar-refractivity contribution is 6.30. The number of hydrogen-bond acceptors (Lipinski definition) is 3. The maximum absolute atomic E-state index is 12.9. The molecule has 1 amide bonds. The number of carbonyl (C=O) groups is 1. The quantitative estimate of drug-likeness (QED) is 0.881. The SMILES string of the molecule is CC(C)C(Oc1cccc(Cl)c1)C(=O)N1CC2CCC(N)C2C1.Cl. The van der Waals surface area contributed by atoms with Gasteiger partial charge in [-0.1, -0.05) is 31.5 Å². The maximum Gasteiger partial charge on any atom is 0.263 e. The van der Waals surface area contributed by atoms with Crippen LogP contribution in [0.25, 0.3) is 0 Å². The van der Waals surface area contributed by atoms with Crippen LogP contribution in [0.1, 0.15) is 26.7 Å². The molecule has 0 aromatic heterocycles. The predicted molar refractivity (Wildman–Crippen MR) is 98.7 cm³/mol. The van der Waals surface area contributed by atoms with Gasteiger partial charge in [0, 0.05) is 24.2 Å². The van der Waals surface area contributed by atoms with E-state index in [-0.39, 0.29) is 30.3 Å². The van der Waals surface area contributed by atoms with E-state index in [1.807, 2.05) is 30.9 Å². The number of amides is 1. The molecule has 134 valence electrons. The lowest BCUT2D eigenvalue weighted by molar-refractivity contribution is -0.140. The molecule has 6 heteroatoms. The Labute approximate surface area is 155 Å². The van der Waals surface area contributed by atoms with Crippen LogP contribution in [0.5, 0.6) is 5.75 Å². The maximum atomic E-state index is 12.9. The monoisotopic (exact) mass is 372 g/mol. The summed E-state index contributed by atoms with van der Waals surface area (Å²) in [5.74, 6) is 1.82. The first-order chi connectivity index (χ1) is 11.0. The minimum atomic E-state index is -0.483. The Morgan fingerprint density at radius 2 is 2.08 bits per heavy atom. The molecule has 1 heterocycles. The van der Waals surface area contributed by atoms with Gasteiger partial charge in [0.15, 0.2) is 6.10 Å². The first-order valence-electron chi connectivity index (χ1n) is 8.42. The van der Waals surface area contributed by atoms with Gasteiger partial charge in [-0.05, 0) is 48.8 Å². The summed E-state index contributed by atoms with van der Waals surface area (Å²) in [6, 6.07) is 7.45. The van der Waals surface area contributed by atoms with E-state index in [1.54, 1.807) is 12.1 Å². The van der Waals surface area contributed by atoms with Gasteiger partial charge in [0.25, 0.3) is 5.91 Å². The Morgan fingerprint density at radius 3 is 2.71 bits per heavy atom. The Hall–Kier alpha value is -0.970. The minimum Gasteiger partial charge on any atom is -0.480 e. The summed E-state index contributed by atoms with van der Waals surface area (Å²) in [6.45, 7) is 5.61. The van der Waals surface area contributed by atoms with Crippen molar-refractivity contribution in [3.63, 3.8) is 0 Å². The molecule has 1 saturated carbocycles. The second-order valence-corrected chi connectivity index (χ2v) is 7.58. The summed E-state index contributed by atoms with van der Waals surface area (Å²) in [5, 5.41) is 0.610. The zero-order valence-electron chi connectivity index (χ0n) is 14.2. The standard InChI is InChI=1S/C18H25ClN2O2.ClH/c1-11(2)17(23-14-5-3-4-13(19)8-14)18(22)21-9-12-6-7-16(20)15(12)10-21;/h3-5,8,11-12,15-17H,6-7,9-10,20H2,1-2H3;1H. The second-order valence-electron chi connectivity index (χ2n) is 7.15. The fourth-order valence-corrected chi connectivity index (χ4v) is 4.01. The molecule has 1 aliphatic carbocycles. The summed E-state index contributed by atoms with van der Waals surface area (Å²) in [6.07, 6.45) is 1.74. The van der Waals surface area contributed by atoms with Crippen molar-refractivity contribution >= 4 is 29.9 Å². The Morgan fingerprint density at radius 1 is 1.33 bits per heavy atom. The largest absolute Gasteiger partial charge is 0.480 e. The second kappa shape index (κ2) is 7.94. The molecule has 2 aliphatic rings. The number of nitrogens with two attached hydrogens (primary N) is 1. The number of rotatable bonds is 4. The summed E-state index contributed by atoms with van der Waals surface area (Å²) in [4.78, 5) is 14.9. The summed E-state index contributed by atoms with van der Waals surface area (Å²) < 4.78 is 5.97. The van der Waals surface area contributed by atoms with Gasteiger partial charge in [-0.3, -0.25) is 4.79 Å². The van der Waals surface area contributed by atoms with E-state index in [1.165, 1.54) is 0 Å². The van der Waals surface area contributed by atoms with E-state index in [9.17, 15) is 4.79 Å². The van der Waals surface area contributed by atoms with Crippen molar-refractivity contribution in [2.45, 2.75) is 38.8 Å². The van der Waals surface area contributed by atoms with Crippen molar-refractivity contribution in [3.8, 4) is 5.75 Å². The molecule has 1 aromatic rings. The van der Waals surface area contributed by atoms with Crippen LogP contribution in [-0.4, -0.2) is 36.0 Å². The van der Waals surface area contributed by atoms with Crippen LogP contribution in [0.2, 0.25) is 5.02 Å². The van der Waals surface area contributed by atoms with Crippen molar-refractivity contribution in [1.29, 1.82) is 0 Å². The van der Waals surface area contributed by atoms with Crippen LogP contribution >= 0.6 is 24.0 Å². The highest BCUT2D eigenvalue weighted by Crippen LogP contribution is 2.37. The van der Waals surface area contributed by atoms with E-state index in [0.717, 1.165) is 25.9 Å². The summed E-state index contributed by atoms with van der Waals surface area (Å²) in [5.41, 5.74) is 6.17. The molecular weight excluding hydrogens is 347 g/mol. The van der Waals surface area contributed by atoms with E-state index < -0.39 is 6.10 Å². The van der Waals surface area contributed by atoms with Gasteiger partial charge in [0.1, 0.15) is 5.75 Å². The van der Waals surface area contributed by atoms with Crippen LogP contribution in [0, 0.1) is 17.8 Å². The Balaban J connectivity index is 0.00000208. The smallest absolute Gasteiger partial charge is 0.263 e. The lowest BCUT2D eigenvalue weighted by Crippen LogP contribution is -2.44. The number of nitrogens with zero attached hydrogens (tertiary/aromatic N) is 1. The van der Waals surface area contributed by atoms with E-state index in [4.69, 9.17) is 22.1 Å². The molecule has 1 aliphatic heterocycles. The normalized spacial score (nSPS) is 26.9. The predicted octanol–water partition coefficient (Wildman–Crippen LogP) is 3.36. The van der Waals surface area contributed by atoms with Crippen LogP contribution in [-0.2, 0) is 4.79 Å². The van der Waals surface area contributed by atoms with Crippen molar-refractivity contribution in [1.82, 2.24) is 4.90 Å². The molecule has 0 bridgehead atoms. The van der Waals surface area contributed by atoms with Crippen LogP contribution in [0.4, 0.5) is 0 Å². The van der Waals surface area contributed by atoms with Crippen LogP contribution in [0.3, 0.4) is 0 Å². The molecule has 0 radical (unpaired) electrons. The van der Waals surface area contributed by atoms with Crippen molar-refractivity contribution < 1.29 is 9.53 Å². The van der Waals surface area contributed by atoms with Gasteiger partial charge in [-0.2, -0.15) is 0 Å². The molecular formula is C18H26Cl2N2O2. The van der Waals surface area contributed by atoms with Gasteiger partial charge >= 0.3 is 0 Å². The number of halogens is 2. The zero-order chi connectivity index (χ0) is 16.6. The number of hydrogen-bond donors (Lipinski definition) is 1. The van der Waals surface area contributed by atoms with Gasteiger partial charge < -0.3 is 15.4 Å². The van der Waals surface area contributed by atoms with Crippen molar-refractivity contribution in [2.24, 2.45) is 23.5 Å². The van der Waals surface area contributed by atoms with Gasteiger partial charge in [0.2, 0.25) is 0 Å². The number of carbonyl (C=O) groups excluding carboxylic acids is 1. The third-order valence-electron chi connectivity index (χ3n) is 5.13. The lowest BCUT2D eigenvalue weighted by Gasteiger charge is -2.27. The first kappa shape index (κ1) is 19.4. The zero-order valence-corrected chi connectivity index (χ0v) is 15.7. The number of likely N-dealkylation sites (tertiary alicyclic amines) is 1. The third-order valence-corrected chi connectivity index (χ3v) is 5.37. The topological polar surface area (TPSA) is 55.6 Å². The summed E-state index contributed by atoms with van der Waals surface area (Å²) >= 11 is 6.01. The average molecular weight is 373 g/mol. The van der Waals surface area contributed by atoms with E-state index >= 15 is 0 Å². The molecule has 3 rings (SSSR count). The highest BCUT2D eigenvalue weighted by Gasteiger charge is 2.44. The molecule has 1 aromatic carbocycles. The van der Waals surface area contributed by atoms with Crippen LogP contribution < -0.4 is 10.5 Å². The molecule has 2 N–H and O–H groups in total. The lowest BCUT2D eigenvalue weighted by atomic mass is 9.98. The fraction of sp³-hybridized carbons (Fsp3) is 0.611. The third kappa shape index (κ3) is 3.98. The first-order valence-corrected chi connectivity index (χ1v) is 8.80. The van der Waals surface area contributed by atoms with Crippen LogP contribution in [0.15, 0.2) is 24.3 Å². The molecule has 0 spiro atoms. The molecule has 2 fully saturated rings. The average Bonchev–Trinajstić information content (AvgIpc) is 3.06. The van der Waals surface area contributed by atoms with E-state index in [2.05, 4.69) is 0 Å². The Bertz CT molecular complexity index is 582. The molecule has 24 heavy (non-hydrogen) atoms. The highest BCUT2D eigenvalue weighted by atomic mass is 35.5. The number of benzene rings is 1. The number of ether oxygens (including phenoxy) is 1. The van der Waals surface area contributed by atoms with Gasteiger partial charge in [-0.25, -0.2) is 0 Å².